The fraction of sp³-hybridized carbons (Fsp3) is 0.786. The lowest BCUT2D eigenvalue weighted by Gasteiger charge is -2.14. The Bertz CT molecular complexity index is 347. The van der Waals surface area contributed by atoms with Crippen molar-refractivity contribution in [2.45, 2.75) is 52.5 Å². The highest BCUT2D eigenvalue weighted by atomic mass is 16.4. The van der Waals surface area contributed by atoms with Crippen LogP contribution in [0.4, 0.5) is 4.79 Å². The van der Waals surface area contributed by atoms with Gasteiger partial charge in [-0.25, -0.2) is 4.79 Å². The summed E-state index contributed by atoms with van der Waals surface area (Å²) in [5.74, 6) is -1.60. The lowest BCUT2D eigenvalue weighted by molar-refractivity contribution is -0.141. The number of hydrogen-bond donors (Lipinski definition) is 4. The molecule has 0 saturated carbocycles. The predicted molar refractivity (Wildman–Crippen MR) is 79.9 cm³/mol. The third-order valence-corrected chi connectivity index (χ3v) is 3.15. The van der Waals surface area contributed by atoms with E-state index >= 15 is 0 Å². The zero-order valence-corrected chi connectivity index (χ0v) is 13.1. The number of carbonyl (C=O) groups is 3. The van der Waals surface area contributed by atoms with Crippen molar-refractivity contribution in [3.05, 3.63) is 0 Å². The molecule has 0 aromatic rings. The van der Waals surface area contributed by atoms with Crippen LogP contribution in [0.1, 0.15) is 46.5 Å². The van der Waals surface area contributed by atoms with Crippen LogP contribution in [0.25, 0.3) is 0 Å². The Morgan fingerprint density at radius 2 is 1.81 bits per heavy atom. The molecule has 0 aromatic heterocycles. The van der Waals surface area contributed by atoms with E-state index in [9.17, 15) is 14.4 Å². The van der Waals surface area contributed by atoms with Crippen molar-refractivity contribution >= 4 is 17.9 Å². The fourth-order valence-corrected chi connectivity index (χ4v) is 1.68. The van der Waals surface area contributed by atoms with Gasteiger partial charge in [0.25, 0.3) is 0 Å². The van der Waals surface area contributed by atoms with E-state index in [0.29, 0.717) is 6.42 Å². The van der Waals surface area contributed by atoms with Crippen molar-refractivity contribution in [1.29, 1.82) is 0 Å². The summed E-state index contributed by atoms with van der Waals surface area (Å²) in [6, 6.07) is -0.328. The minimum absolute atomic E-state index is 0.0913. The van der Waals surface area contributed by atoms with Crippen molar-refractivity contribution in [3.8, 4) is 0 Å². The number of carboxylic acids is 1. The van der Waals surface area contributed by atoms with Crippen LogP contribution in [-0.2, 0) is 9.59 Å². The van der Waals surface area contributed by atoms with E-state index in [0.717, 1.165) is 12.8 Å². The molecular weight excluding hydrogens is 274 g/mol. The topological polar surface area (TPSA) is 108 Å². The molecule has 0 rings (SSSR count). The van der Waals surface area contributed by atoms with E-state index in [1.165, 1.54) is 0 Å². The Morgan fingerprint density at radius 3 is 2.33 bits per heavy atom. The molecule has 122 valence electrons. The highest BCUT2D eigenvalue weighted by molar-refractivity contribution is 5.78. The zero-order valence-electron chi connectivity index (χ0n) is 13.1. The van der Waals surface area contributed by atoms with Crippen LogP contribution in [0.2, 0.25) is 0 Å². The van der Waals surface area contributed by atoms with E-state index in [1.807, 2.05) is 20.8 Å². The van der Waals surface area contributed by atoms with Gasteiger partial charge in [0.15, 0.2) is 0 Å². The summed E-state index contributed by atoms with van der Waals surface area (Å²) < 4.78 is 0. The molecule has 0 aromatic carbocycles. The van der Waals surface area contributed by atoms with E-state index in [4.69, 9.17) is 5.11 Å². The number of aliphatic carboxylic acids is 1. The summed E-state index contributed by atoms with van der Waals surface area (Å²) >= 11 is 0. The molecule has 0 aliphatic carbocycles. The first-order valence-corrected chi connectivity index (χ1v) is 7.44. The lowest BCUT2D eigenvalue weighted by Crippen LogP contribution is -2.41. The van der Waals surface area contributed by atoms with Gasteiger partial charge in [0.2, 0.25) is 5.91 Å². The van der Waals surface area contributed by atoms with Gasteiger partial charge in [-0.1, -0.05) is 20.3 Å². The Labute approximate surface area is 125 Å². The van der Waals surface area contributed by atoms with Crippen molar-refractivity contribution in [1.82, 2.24) is 16.0 Å². The number of rotatable bonds is 10. The molecule has 3 amide bonds. The van der Waals surface area contributed by atoms with Crippen LogP contribution >= 0.6 is 0 Å². The number of carboxylic acid groups (broad SMARTS) is 1. The summed E-state index contributed by atoms with van der Waals surface area (Å²) in [4.78, 5) is 33.9. The highest BCUT2D eigenvalue weighted by Crippen LogP contribution is 2.04. The number of amides is 3. The summed E-state index contributed by atoms with van der Waals surface area (Å²) in [7, 11) is 0. The summed E-state index contributed by atoms with van der Waals surface area (Å²) in [6.45, 7) is 6.10. The third kappa shape index (κ3) is 9.70. The molecule has 0 heterocycles. The molecule has 21 heavy (non-hydrogen) atoms. The summed E-state index contributed by atoms with van der Waals surface area (Å²) in [6.07, 6.45) is 2.33. The van der Waals surface area contributed by atoms with Crippen LogP contribution in [-0.4, -0.2) is 42.1 Å². The molecule has 7 heteroatoms. The van der Waals surface area contributed by atoms with Gasteiger partial charge >= 0.3 is 12.0 Å². The van der Waals surface area contributed by atoms with Gasteiger partial charge in [-0.2, -0.15) is 0 Å². The highest BCUT2D eigenvalue weighted by Gasteiger charge is 2.17. The fourth-order valence-electron chi connectivity index (χ4n) is 1.68. The maximum Gasteiger partial charge on any atom is 0.314 e. The second kappa shape index (κ2) is 10.9. The zero-order chi connectivity index (χ0) is 16.3. The molecule has 0 aliphatic rings. The molecule has 7 nitrogen and oxygen atoms in total. The summed E-state index contributed by atoms with van der Waals surface area (Å²) in [5.41, 5.74) is 0. The summed E-state index contributed by atoms with van der Waals surface area (Å²) in [5, 5.41) is 16.8. The number of carbonyl (C=O) groups excluding carboxylic acids is 2. The SMILES string of the molecule is CCCC(CNC(=O)NCCC(=O)NC(C)CC)C(=O)O. The molecule has 0 bridgehead atoms. The van der Waals surface area contributed by atoms with Gasteiger partial charge in [0.1, 0.15) is 0 Å². The molecule has 4 N–H and O–H groups in total. The average molecular weight is 301 g/mol. The Morgan fingerprint density at radius 1 is 1.14 bits per heavy atom. The molecule has 0 aliphatic heterocycles. The first-order valence-electron chi connectivity index (χ1n) is 7.44. The second-order valence-electron chi connectivity index (χ2n) is 5.09. The maximum atomic E-state index is 11.5. The van der Waals surface area contributed by atoms with Crippen LogP contribution in [0, 0.1) is 5.92 Å². The number of hydrogen-bond acceptors (Lipinski definition) is 3. The van der Waals surface area contributed by atoms with E-state index in [2.05, 4.69) is 16.0 Å². The quantitative estimate of drug-likeness (QED) is 0.484. The van der Waals surface area contributed by atoms with Crippen LogP contribution in [0.5, 0.6) is 0 Å². The lowest BCUT2D eigenvalue weighted by atomic mass is 10.0. The normalized spacial score (nSPS) is 13.1. The van der Waals surface area contributed by atoms with Crippen molar-refractivity contribution in [3.63, 3.8) is 0 Å². The Kier molecular flexibility index (Phi) is 10.0. The molecule has 2 atom stereocenters. The molecule has 0 spiro atoms. The first kappa shape index (κ1) is 19.2. The van der Waals surface area contributed by atoms with Gasteiger partial charge in [0.05, 0.1) is 5.92 Å². The molecule has 2 unspecified atom stereocenters. The van der Waals surface area contributed by atoms with E-state index < -0.39 is 17.9 Å². The van der Waals surface area contributed by atoms with Crippen LogP contribution < -0.4 is 16.0 Å². The van der Waals surface area contributed by atoms with Gasteiger partial charge in [-0.3, -0.25) is 9.59 Å². The minimum atomic E-state index is -0.912. The first-order chi connectivity index (χ1) is 9.90. The number of urea groups is 1. The third-order valence-electron chi connectivity index (χ3n) is 3.15. The second-order valence-corrected chi connectivity index (χ2v) is 5.09. The van der Waals surface area contributed by atoms with Gasteiger partial charge in [-0.05, 0) is 19.8 Å². The Balaban J connectivity index is 3.85. The Hall–Kier alpha value is -1.79. The largest absolute Gasteiger partial charge is 0.481 e. The average Bonchev–Trinajstić information content (AvgIpc) is 2.42. The van der Waals surface area contributed by atoms with Gasteiger partial charge in [-0.15, -0.1) is 0 Å². The minimum Gasteiger partial charge on any atom is -0.481 e. The van der Waals surface area contributed by atoms with Crippen LogP contribution in [0.15, 0.2) is 0 Å². The standard InChI is InChI=1S/C14H27N3O4/c1-4-6-11(13(19)20)9-16-14(21)15-8-7-12(18)17-10(3)5-2/h10-11H,4-9H2,1-3H3,(H,17,18)(H,19,20)(H2,15,16,21). The molecule has 0 radical (unpaired) electrons. The predicted octanol–water partition coefficient (Wildman–Crippen LogP) is 1.09. The van der Waals surface area contributed by atoms with Crippen molar-refractivity contribution in [2.75, 3.05) is 13.1 Å². The maximum absolute atomic E-state index is 11.5. The van der Waals surface area contributed by atoms with E-state index in [-0.39, 0.29) is 31.5 Å². The van der Waals surface area contributed by atoms with E-state index in [1.54, 1.807) is 0 Å². The monoisotopic (exact) mass is 301 g/mol. The van der Waals surface area contributed by atoms with Gasteiger partial charge < -0.3 is 21.1 Å². The smallest absolute Gasteiger partial charge is 0.314 e. The molecule has 0 fully saturated rings. The van der Waals surface area contributed by atoms with Crippen LogP contribution in [0.3, 0.4) is 0 Å². The van der Waals surface area contributed by atoms with Crippen molar-refractivity contribution < 1.29 is 19.5 Å². The van der Waals surface area contributed by atoms with Gasteiger partial charge in [0, 0.05) is 25.6 Å². The van der Waals surface area contributed by atoms with Crippen molar-refractivity contribution in [2.24, 2.45) is 5.92 Å². The molecular formula is C14H27N3O4. The number of nitrogens with one attached hydrogen (secondary N) is 3. The molecule has 0 saturated heterocycles.